The van der Waals surface area contributed by atoms with Crippen molar-refractivity contribution in [2.24, 2.45) is 0 Å². The number of amides is 1. The van der Waals surface area contributed by atoms with Crippen molar-refractivity contribution in [1.82, 2.24) is 25.2 Å². The summed E-state index contributed by atoms with van der Waals surface area (Å²) in [4.78, 5) is 18.1. The molecule has 1 amide bonds. The summed E-state index contributed by atoms with van der Waals surface area (Å²) in [6.45, 7) is 2.03. The van der Waals surface area contributed by atoms with Crippen LogP contribution in [0.2, 0.25) is 0 Å². The minimum atomic E-state index is -0.0976. The molecular weight excluding hydrogens is 368 g/mol. The highest BCUT2D eigenvalue weighted by Crippen LogP contribution is 2.29. The molecule has 0 saturated heterocycles. The number of aromatic nitrogens is 5. The van der Waals surface area contributed by atoms with Crippen LogP contribution in [0.4, 0.5) is 5.13 Å². The third-order valence-electron chi connectivity index (χ3n) is 4.14. The summed E-state index contributed by atoms with van der Waals surface area (Å²) in [7, 11) is 0. The predicted octanol–water partition coefficient (Wildman–Crippen LogP) is 3.04. The second kappa shape index (κ2) is 7.55. The molecule has 9 heteroatoms. The summed E-state index contributed by atoms with van der Waals surface area (Å²) < 4.78 is 1.64. The Morgan fingerprint density at radius 1 is 1.27 bits per heavy atom. The zero-order chi connectivity index (χ0) is 17.9. The summed E-state index contributed by atoms with van der Waals surface area (Å²) in [5, 5.41) is 15.9. The van der Waals surface area contributed by atoms with Gasteiger partial charge in [-0.2, -0.15) is 4.68 Å². The highest BCUT2D eigenvalue weighted by Gasteiger charge is 2.17. The Balaban J connectivity index is 1.38. The number of nitrogens with zero attached hydrogens (tertiary/aromatic N) is 5. The van der Waals surface area contributed by atoms with Gasteiger partial charge >= 0.3 is 0 Å². The molecule has 1 aromatic carbocycles. The van der Waals surface area contributed by atoms with E-state index >= 15 is 0 Å². The van der Waals surface area contributed by atoms with Crippen LogP contribution in [0.15, 0.2) is 29.4 Å². The first kappa shape index (κ1) is 17.2. The average Bonchev–Trinajstić information content (AvgIpc) is 3.26. The molecule has 1 N–H and O–H groups in total. The first-order valence-corrected chi connectivity index (χ1v) is 10.3. The number of hydrogen-bond acceptors (Lipinski definition) is 7. The van der Waals surface area contributed by atoms with Crippen molar-refractivity contribution in [3.8, 4) is 5.69 Å². The van der Waals surface area contributed by atoms with Gasteiger partial charge in [0, 0.05) is 4.88 Å². The monoisotopic (exact) mass is 386 g/mol. The third-order valence-corrected chi connectivity index (χ3v) is 6.14. The topological polar surface area (TPSA) is 85.6 Å². The minimum absolute atomic E-state index is 0.0976. The van der Waals surface area contributed by atoms with E-state index in [-0.39, 0.29) is 11.7 Å². The van der Waals surface area contributed by atoms with Gasteiger partial charge in [0.25, 0.3) is 0 Å². The van der Waals surface area contributed by atoms with Crippen molar-refractivity contribution < 1.29 is 4.79 Å². The van der Waals surface area contributed by atoms with Gasteiger partial charge in [-0.15, -0.1) is 16.4 Å². The Morgan fingerprint density at radius 2 is 2.08 bits per heavy atom. The zero-order valence-corrected chi connectivity index (χ0v) is 15.9. The van der Waals surface area contributed by atoms with Crippen molar-refractivity contribution in [2.75, 3.05) is 11.1 Å². The molecular formula is C17H18N6OS2. The molecule has 3 aromatic rings. The number of hydrogen-bond donors (Lipinski definition) is 1. The van der Waals surface area contributed by atoms with E-state index in [0.717, 1.165) is 24.2 Å². The Hall–Kier alpha value is -2.26. The van der Waals surface area contributed by atoms with Crippen LogP contribution in [-0.4, -0.2) is 36.9 Å². The van der Waals surface area contributed by atoms with Crippen LogP contribution < -0.4 is 5.32 Å². The molecule has 7 nitrogen and oxygen atoms in total. The van der Waals surface area contributed by atoms with Gasteiger partial charge in [-0.05, 0) is 55.2 Å². The van der Waals surface area contributed by atoms with Gasteiger partial charge in [0.15, 0.2) is 5.13 Å². The van der Waals surface area contributed by atoms with E-state index in [4.69, 9.17) is 0 Å². The van der Waals surface area contributed by atoms with Gasteiger partial charge < -0.3 is 5.32 Å². The van der Waals surface area contributed by atoms with Crippen LogP contribution in [0, 0.1) is 6.92 Å². The fourth-order valence-electron chi connectivity index (χ4n) is 2.81. The summed E-state index contributed by atoms with van der Waals surface area (Å²) in [5.74, 6) is 0.135. The van der Waals surface area contributed by atoms with E-state index < -0.39 is 0 Å². The summed E-state index contributed by atoms with van der Waals surface area (Å²) in [5.41, 5.74) is 3.19. The second-order valence-corrected chi connectivity index (χ2v) is 8.17. The molecule has 2 aromatic heterocycles. The number of thiazole rings is 1. The lowest BCUT2D eigenvalue weighted by molar-refractivity contribution is -0.113. The van der Waals surface area contributed by atoms with Crippen LogP contribution in [0.1, 0.15) is 29.0 Å². The Morgan fingerprint density at radius 3 is 2.88 bits per heavy atom. The molecule has 134 valence electrons. The zero-order valence-electron chi connectivity index (χ0n) is 14.3. The van der Waals surface area contributed by atoms with Gasteiger partial charge in [0.1, 0.15) is 0 Å². The summed E-state index contributed by atoms with van der Waals surface area (Å²) >= 11 is 2.90. The normalized spacial score (nSPS) is 13.4. The van der Waals surface area contributed by atoms with Crippen molar-refractivity contribution >= 4 is 34.1 Å². The first-order valence-electron chi connectivity index (χ1n) is 8.46. The second-order valence-electron chi connectivity index (χ2n) is 6.14. The predicted molar refractivity (Wildman–Crippen MR) is 102 cm³/mol. The first-order chi connectivity index (χ1) is 12.7. The Kier molecular flexibility index (Phi) is 4.98. The molecule has 2 heterocycles. The minimum Gasteiger partial charge on any atom is -0.301 e. The number of thioether (sulfide) groups is 1. The van der Waals surface area contributed by atoms with Crippen molar-refractivity contribution in [1.29, 1.82) is 0 Å². The standard InChI is InChI=1S/C17H18N6OS2/c1-11-6-8-12(9-7-11)23-17(20-21-22-23)25-10-15(24)19-16-18-13-4-2-3-5-14(13)26-16/h6-9H,2-5,10H2,1H3,(H,18,19,24). The fourth-order valence-corrected chi connectivity index (χ4v) is 4.56. The van der Waals surface area contributed by atoms with Crippen molar-refractivity contribution in [3.05, 3.63) is 40.4 Å². The van der Waals surface area contributed by atoms with Crippen molar-refractivity contribution in [2.45, 2.75) is 37.8 Å². The van der Waals surface area contributed by atoms with Crippen molar-refractivity contribution in [3.63, 3.8) is 0 Å². The molecule has 0 bridgehead atoms. The lowest BCUT2D eigenvalue weighted by Crippen LogP contribution is -2.14. The molecule has 1 aliphatic rings. The van der Waals surface area contributed by atoms with Crippen LogP contribution in [0.25, 0.3) is 5.69 Å². The molecule has 26 heavy (non-hydrogen) atoms. The average molecular weight is 387 g/mol. The van der Waals surface area contributed by atoms with E-state index in [1.54, 1.807) is 16.0 Å². The number of rotatable bonds is 5. The van der Waals surface area contributed by atoms with Gasteiger partial charge in [0.2, 0.25) is 11.1 Å². The van der Waals surface area contributed by atoms with Gasteiger partial charge in [-0.1, -0.05) is 29.5 Å². The number of benzene rings is 1. The molecule has 0 fully saturated rings. The molecule has 0 saturated carbocycles. The summed E-state index contributed by atoms with van der Waals surface area (Å²) in [6, 6.07) is 7.91. The van der Waals surface area contributed by atoms with E-state index in [1.165, 1.54) is 35.0 Å². The van der Waals surface area contributed by atoms with Gasteiger partial charge in [-0.25, -0.2) is 4.98 Å². The van der Waals surface area contributed by atoms with E-state index in [0.29, 0.717) is 10.3 Å². The summed E-state index contributed by atoms with van der Waals surface area (Å²) in [6.07, 6.45) is 4.48. The Bertz CT molecular complexity index is 894. The number of nitrogens with one attached hydrogen (secondary N) is 1. The highest BCUT2D eigenvalue weighted by molar-refractivity contribution is 7.99. The lowest BCUT2D eigenvalue weighted by Gasteiger charge is -2.06. The van der Waals surface area contributed by atoms with Crippen LogP contribution in [0.3, 0.4) is 0 Å². The molecule has 4 rings (SSSR count). The molecule has 0 spiro atoms. The maximum Gasteiger partial charge on any atom is 0.236 e. The fraction of sp³-hybridized carbons (Fsp3) is 0.353. The van der Waals surface area contributed by atoms with E-state index in [1.807, 2.05) is 31.2 Å². The Labute approximate surface area is 159 Å². The highest BCUT2D eigenvalue weighted by atomic mass is 32.2. The SMILES string of the molecule is Cc1ccc(-n2nnnc2SCC(=O)Nc2nc3c(s2)CCCC3)cc1. The van der Waals surface area contributed by atoms with Crippen LogP contribution in [-0.2, 0) is 17.6 Å². The molecule has 0 aliphatic heterocycles. The number of anilines is 1. The molecule has 0 unspecified atom stereocenters. The number of tetrazole rings is 1. The van der Waals surface area contributed by atoms with Gasteiger partial charge in [0.05, 0.1) is 17.1 Å². The number of aryl methyl sites for hydroxylation is 3. The number of fused-ring (bicyclic) bond motifs is 1. The largest absolute Gasteiger partial charge is 0.301 e. The number of carbonyl (C=O) groups is 1. The number of carbonyl (C=O) groups excluding carboxylic acids is 1. The van der Waals surface area contributed by atoms with Crippen LogP contribution >= 0.6 is 23.1 Å². The van der Waals surface area contributed by atoms with Crippen LogP contribution in [0.5, 0.6) is 0 Å². The van der Waals surface area contributed by atoms with Gasteiger partial charge in [-0.3, -0.25) is 4.79 Å². The lowest BCUT2D eigenvalue weighted by atomic mass is 10.0. The molecule has 1 aliphatic carbocycles. The third kappa shape index (κ3) is 3.78. The molecule has 0 radical (unpaired) electrons. The van der Waals surface area contributed by atoms with E-state index in [9.17, 15) is 4.79 Å². The quantitative estimate of drug-likeness (QED) is 0.679. The maximum atomic E-state index is 12.3. The smallest absolute Gasteiger partial charge is 0.236 e. The maximum absolute atomic E-state index is 12.3. The van der Waals surface area contributed by atoms with E-state index in [2.05, 4.69) is 25.8 Å². The molecule has 0 atom stereocenters.